The van der Waals surface area contributed by atoms with Gasteiger partial charge >= 0.3 is 0 Å². The van der Waals surface area contributed by atoms with Gasteiger partial charge in [0.05, 0.1) is 5.56 Å². The third-order valence-electron chi connectivity index (χ3n) is 1.79. The molecule has 0 bridgehead atoms. The Balaban J connectivity index is 2.26. The van der Waals surface area contributed by atoms with Crippen LogP contribution in [0, 0.1) is 0 Å². The zero-order chi connectivity index (χ0) is 9.97. The lowest BCUT2D eigenvalue weighted by Gasteiger charge is -1.98. The largest absolute Gasteiger partial charge is 0.418 e. The van der Waals surface area contributed by atoms with Crippen molar-refractivity contribution >= 4 is 0 Å². The Kier molecular flexibility index (Phi) is 2.30. The molecular weight excluding hydrogens is 184 g/mol. The molecule has 6 nitrogen and oxygen atoms in total. The number of H-pyrrole nitrogens is 1. The van der Waals surface area contributed by atoms with Crippen molar-refractivity contribution in [1.82, 2.24) is 15.2 Å². The number of hydrogen-bond donors (Lipinski definition) is 3. The lowest BCUT2D eigenvalue weighted by atomic mass is 10.3. The van der Waals surface area contributed by atoms with E-state index in [0.29, 0.717) is 5.89 Å². The maximum Gasteiger partial charge on any atom is 0.249 e. The van der Waals surface area contributed by atoms with Crippen molar-refractivity contribution in [3.8, 4) is 11.5 Å². The van der Waals surface area contributed by atoms with Crippen molar-refractivity contribution in [2.75, 3.05) is 6.54 Å². The van der Waals surface area contributed by atoms with Crippen LogP contribution >= 0.6 is 0 Å². The highest BCUT2D eigenvalue weighted by molar-refractivity contribution is 5.50. The number of rotatable bonds is 3. The zero-order valence-electron chi connectivity index (χ0n) is 7.34. The number of hydrogen-bond acceptors (Lipinski definition) is 5. The first-order chi connectivity index (χ1) is 6.81. The molecule has 0 radical (unpaired) electrons. The lowest BCUT2D eigenvalue weighted by Crippen LogP contribution is -2.11. The smallest absolute Gasteiger partial charge is 0.249 e. The molecular formula is C8H10N4O2. The number of nitrogens with zero attached hydrogens (tertiary/aromatic N) is 2. The monoisotopic (exact) mass is 194 g/mol. The molecule has 2 aromatic heterocycles. The molecule has 0 spiro atoms. The van der Waals surface area contributed by atoms with E-state index in [-0.39, 0.29) is 12.4 Å². The molecule has 4 N–H and O–H groups in total. The predicted octanol–water partition coefficient (Wildman–Crippen LogP) is 0.0568. The fraction of sp³-hybridized carbons (Fsp3) is 0.250. The third-order valence-corrected chi connectivity index (χ3v) is 1.79. The summed E-state index contributed by atoms with van der Waals surface area (Å²) in [4.78, 5) is 2.87. The van der Waals surface area contributed by atoms with E-state index in [9.17, 15) is 5.11 Å². The highest BCUT2D eigenvalue weighted by Crippen LogP contribution is 2.19. The van der Waals surface area contributed by atoms with Crippen LogP contribution in [0.5, 0.6) is 0 Å². The number of aromatic amines is 1. The molecule has 0 amide bonds. The van der Waals surface area contributed by atoms with E-state index in [4.69, 9.17) is 10.2 Å². The van der Waals surface area contributed by atoms with Crippen LogP contribution in [0.3, 0.4) is 0 Å². The SMILES string of the molecule is NC[C@H](O)c1nnc(-c2cc[nH]c2)o1. The fourth-order valence-electron chi connectivity index (χ4n) is 1.04. The molecule has 1 atom stereocenters. The minimum Gasteiger partial charge on any atom is -0.418 e. The Hall–Kier alpha value is -1.66. The van der Waals surface area contributed by atoms with Crippen LogP contribution in [0.2, 0.25) is 0 Å². The quantitative estimate of drug-likeness (QED) is 0.641. The van der Waals surface area contributed by atoms with E-state index >= 15 is 0 Å². The Labute approximate surface area is 79.8 Å². The average molecular weight is 194 g/mol. The average Bonchev–Trinajstić information content (AvgIpc) is 2.86. The van der Waals surface area contributed by atoms with Crippen LogP contribution in [-0.4, -0.2) is 26.8 Å². The summed E-state index contributed by atoms with van der Waals surface area (Å²) in [7, 11) is 0. The van der Waals surface area contributed by atoms with Crippen molar-refractivity contribution in [3.05, 3.63) is 24.4 Å². The lowest BCUT2D eigenvalue weighted by molar-refractivity contribution is 0.152. The van der Waals surface area contributed by atoms with E-state index < -0.39 is 6.10 Å². The maximum atomic E-state index is 9.31. The van der Waals surface area contributed by atoms with Gasteiger partial charge < -0.3 is 20.2 Å². The molecule has 0 unspecified atom stereocenters. The number of aromatic nitrogens is 3. The van der Waals surface area contributed by atoms with Gasteiger partial charge in [-0.05, 0) is 6.07 Å². The first-order valence-corrected chi connectivity index (χ1v) is 4.16. The molecule has 6 heteroatoms. The minimum atomic E-state index is -0.893. The van der Waals surface area contributed by atoms with Gasteiger partial charge in [-0.1, -0.05) is 0 Å². The molecule has 14 heavy (non-hydrogen) atoms. The third kappa shape index (κ3) is 1.52. The van der Waals surface area contributed by atoms with Gasteiger partial charge in [-0.15, -0.1) is 10.2 Å². The molecule has 0 saturated heterocycles. The number of nitrogens with two attached hydrogens (primary N) is 1. The summed E-state index contributed by atoms with van der Waals surface area (Å²) >= 11 is 0. The van der Waals surface area contributed by atoms with Crippen molar-refractivity contribution in [2.45, 2.75) is 6.10 Å². The van der Waals surface area contributed by atoms with Crippen LogP contribution in [0.25, 0.3) is 11.5 Å². The van der Waals surface area contributed by atoms with Gasteiger partial charge in [-0.3, -0.25) is 0 Å². The van der Waals surface area contributed by atoms with Crippen molar-refractivity contribution in [2.24, 2.45) is 5.73 Å². The van der Waals surface area contributed by atoms with Gasteiger partial charge in [0.15, 0.2) is 0 Å². The van der Waals surface area contributed by atoms with Crippen molar-refractivity contribution in [1.29, 1.82) is 0 Å². The molecule has 0 aliphatic carbocycles. The van der Waals surface area contributed by atoms with Gasteiger partial charge in [0.2, 0.25) is 11.8 Å². The Morgan fingerprint density at radius 1 is 1.57 bits per heavy atom. The van der Waals surface area contributed by atoms with Crippen molar-refractivity contribution in [3.63, 3.8) is 0 Å². The summed E-state index contributed by atoms with van der Waals surface area (Å²) in [5.41, 5.74) is 6.03. The highest BCUT2D eigenvalue weighted by Gasteiger charge is 2.14. The summed E-state index contributed by atoms with van der Waals surface area (Å²) < 4.78 is 5.21. The van der Waals surface area contributed by atoms with E-state index in [2.05, 4.69) is 15.2 Å². The first kappa shape index (κ1) is 8.92. The van der Waals surface area contributed by atoms with Crippen LogP contribution in [0.4, 0.5) is 0 Å². The summed E-state index contributed by atoms with van der Waals surface area (Å²) in [6.45, 7) is 0.0643. The summed E-state index contributed by atoms with van der Waals surface area (Å²) in [6.07, 6.45) is 2.58. The molecule has 0 fully saturated rings. The second-order valence-electron chi connectivity index (χ2n) is 2.80. The molecule has 2 rings (SSSR count). The normalized spacial score (nSPS) is 13.0. The Morgan fingerprint density at radius 3 is 3.07 bits per heavy atom. The van der Waals surface area contributed by atoms with Gasteiger partial charge in [0.25, 0.3) is 0 Å². The number of aliphatic hydroxyl groups excluding tert-OH is 1. The predicted molar refractivity (Wildman–Crippen MR) is 48.1 cm³/mol. The molecule has 0 aromatic carbocycles. The maximum absolute atomic E-state index is 9.31. The Morgan fingerprint density at radius 2 is 2.43 bits per heavy atom. The van der Waals surface area contributed by atoms with E-state index in [1.165, 1.54) is 0 Å². The van der Waals surface area contributed by atoms with Crippen LogP contribution in [0.15, 0.2) is 22.9 Å². The van der Waals surface area contributed by atoms with Crippen LogP contribution in [0.1, 0.15) is 12.0 Å². The zero-order valence-corrected chi connectivity index (χ0v) is 7.34. The van der Waals surface area contributed by atoms with Crippen molar-refractivity contribution < 1.29 is 9.52 Å². The number of aliphatic hydroxyl groups is 1. The van der Waals surface area contributed by atoms with Gasteiger partial charge in [0.1, 0.15) is 6.10 Å². The van der Waals surface area contributed by atoms with Crippen LogP contribution < -0.4 is 5.73 Å². The molecule has 0 saturated carbocycles. The topological polar surface area (TPSA) is 101 Å². The standard InChI is InChI=1S/C8H10N4O2/c9-3-6(13)8-12-11-7(14-8)5-1-2-10-4-5/h1-2,4,6,10,13H,3,9H2/t6-/m0/s1. The second-order valence-corrected chi connectivity index (χ2v) is 2.80. The highest BCUT2D eigenvalue weighted by atomic mass is 16.4. The molecule has 2 heterocycles. The fourth-order valence-corrected chi connectivity index (χ4v) is 1.04. The molecule has 74 valence electrons. The first-order valence-electron chi connectivity index (χ1n) is 4.16. The minimum absolute atomic E-state index is 0.0643. The second kappa shape index (κ2) is 3.60. The summed E-state index contributed by atoms with van der Waals surface area (Å²) in [6, 6.07) is 1.80. The van der Waals surface area contributed by atoms with Crippen LogP contribution in [-0.2, 0) is 0 Å². The van der Waals surface area contributed by atoms with Gasteiger partial charge in [0, 0.05) is 18.9 Å². The van der Waals surface area contributed by atoms with Gasteiger partial charge in [-0.25, -0.2) is 0 Å². The van der Waals surface area contributed by atoms with E-state index in [1.54, 1.807) is 18.5 Å². The summed E-state index contributed by atoms with van der Waals surface area (Å²) in [5.74, 6) is 0.512. The number of nitrogens with one attached hydrogen (secondary N) is 1. The van der Waals surface area contributed by atoms with E-state index in [1.807, 2.05) is 0 Å². The Bertz CT molecular complexity index is 395. The summed E-state index contributed by atoms with van der Waals surface area (Å²) in [5, 5.41) is 16.8. The molecule has 0 aliphatic heterocycles. The van der Waals surface area contributed by atoms with Gasteiger partial charge in [-0.2, -0.15) is 0 Å². The van der Waals surface area contributed by atoms with E-state index in [0.717, 1.165) is 5.56 Å². The molecule has 0 aliphatic rings. The molecule has 2 aromatic rings.